The lowest BCUT2D eigenvalue weighted by atomic mass is 10.1. The van der Waals surface area contributed by atoms with Crippen molar-refractivity contribution in [1.29, 1.82) is 0 Å². The molecule has 1 aliphatic rings. The highest BCUT2D eigenvalue weighted by molar-refractivity contribution is 6.05. The predicted molar refractivity (Wildman–Crippen MR) is 87.4 cm³/mol. The van der Waals surface area contributed by atoms with Gasteiger partial charge in [0.2, 0.25) is 6.79 Å². The monoisotopic (exact) mass is 358 g/mol. The number of amides is 2. The molecule has 3 rings (SSSR count). The third-order valence-corrected chi connectivity index (χ3v) is 3.35. The third kappa shape index (κ3) is 4.01. The predicted octanol–water partition coefficient (Wildman–Crippen LogP) is 0.980. The maximum Gasteiger partial charge on any atom is 0.322 e. The summed E-state index contributed by atoms with van der Waals surface area (Å²) in [6.07, 6.45) is 2.71. The summed E-state index contributed by atoms with van der Waals surface area (Å²) < 4.78 is 15.5. The van der Waals surface area contributed by atoms with E-state index in [2.05, 4.69) is 10.6 Å². The molecule has 0 atom stereocenters. The molecule has 0 spiro atoms. The summed E-state index contributed by atoms with van der Waals surface area (Å²) in [4.78, 5) is 35.1. The lowest BCUT2D eigenvalue weighted by Gasteiger charge is -2.09. The number of nitrogens with one attached hydrogen (secondary N) is 2. The van der Waals surface area contributed by atoms with Crippen LogP contribution < -0.4 is 20.1 Å². The lowest BCUT2D eigenvalue weighted by molar-refractivity contribution is -0.137. The number of aliphatic carboxylic acids is 1. The number of hydrogen-bond donors (Lipinski definition) is 3. The molecule has 3 N–H and O–H groups in total. The van der Waals surface area contributed by atoms with Gasteiger partial charge in [0.25, 0.3) is 11.8 Å². The lowest BCUT2D eigenvalue weighted by Crippen LogP contribution is -2.37. The maximum absolute atomic E-state index is 12.2. The number of fused-ring (bicyclic) bond motifs is 1. The molecule has 9 nitrogen and oxygen atoms in total. The van der Waals surface area contributed by atoms with Crippen molar-refractivity contribution in [3.8, 4) is 11.5 Å². The van der Waals surface area contributed by atoms with Crippen molar-refractivity contribution in [2.75, 3.05) is 13.3 Å². The number of benzene rings is 1. The first-order valence-electron chi connectivity index (χ1n) is 7.49. The van der Waals surface area contributed by atoms with Crippen molar-refractivity contribution in [1.82, 2.24) is 10.6 Å². The van der Waals surface area contributed by atoms with Crippen LogP contribution in [0.3, 0.4) is 0 Å². The smallest absolute Gasteiger partial charge is 0.322 e. The zero-order valence-corrected chi connectivity index (χ0v) is 13.4. The molecule has 0 aliphatic carbocycles. The Kier molecular flexibility index (Phi) is 4.88. The van der Waals surface area contributed by atoms with Gasteiger partial charge in [0.1, 0.15) is 12.2 Å². The zero-order chi connectivity index (χ0) is 18.5. The highest BCUT2D eigenvalue weighted by atomic mass is 16.7. The van der Waals surface area contributed by atoms with E-state index in [9.17, 15) is 14.4 Å². The quantitative estimate of drug-likeness (QED) is 0.657. The van der Waals surface area contributed by atoms with Crippen LogP contribution in [0.4, 0.5) is 0 Å². The van der Waals surface area contributed by atoms with Gasteiger partial charge in [-0.05, 0) is 35.9 Å². The zero-order valence-electron chi connectivity index (χ0n) is 13.4. The molecular formula is C17H14N2O7. The van der Waals surface area contributed by atoms with E-state index in [0.29, 0.717) is 17.1 Å². The van der Waals surface area contributed by atoms with Crippen molar-refractivity contribution in [2.45, 2.75) is 0 Å². The molecule has 134 valence electrons. The molecule has 26 heavy (non-hydrogen) atoms. The summed E-state index contributed by atoms with van der Waals surface area (Å²) in [5, 5.41) is 13.3. The van der Waals surface area contributed by atoms with Gasteiger partial charge in [0.15, 0.2) is 17.3 Å². The number of hydrogen-bond acceptors (Lipinski definition) is 6. The van der Waals surface area contributed by atoms with Crippen LogP contribution in [0.15, 0.2) is 46.7 Å². The molecule has 9 heteroatoms. The summed E-state index contributed by atoms with van der Waals surface area (Å²) in [5.74, 6) is -1.54. The molecule has 0 saturated carbocycles. The van der Waals surface area contributed by atoms with Crippen LogP contribution in [0.5, 0.6) is 11.5 Å². The standard InChI is InChI=1S/C17H14N2O7/c20-15(21)8-18-16(22)11(19-17(23)13-2-1-5-24-13)6-10-3-4-12-14(7-10)26-9-25-12/h1-7H,8-9H2,(H,18,22)(H,19,23)(H,20,21)/b11-6-. The van der Waals surface area contributed by atoms with Crippen LogP contribution >= 0.6 is 0 Å². The molecule has 0 fully saturated rings. The SMILES string of the molecule is O=C(O)CNC(=O)/C(=C/c1ccc2c(c1)OCO2)NC(=O)c1ccco1. The molecule has 2 aromatic rings. The molecular weight excluding hydrogens is 344 g/mol. The second-order valence-corrected chi connectivity index (χ2v) is 5.18. The fourth-order valence-electron chi connectivity index (χ4n) is 2.17. The number of carboxylic acids is 1. The number of rotatable bonds is 6. The van der Waals surface area contributed by atoms with Gasteiger partial charge in [0, 0.05) is 0 Å². The van der Waals surface area contributed by atoms with Gasteiger partial charge in [-0.25, -0.2) is 0 Å². The number of carbonyl (C=O) groups is 3. The number of ether oxygens (including phenoxy) is 2. The molecule has 0 bridgehead atoms. The van der Waals surface area contributed by atoms with Gasteiger partial charge in [0.05, 0.1) is 6.26 Å². The van der Waals surface area contributed by atoms with Gasteiger partial charge in [-0.3, -0.25) is 14.4 Å². The summed E-state index contributed by atoms with van der Waals surface area (Å²) in [6, 6.07) is 7.92. The molecule has 1 aromatic heterocycles. The Hall–Kier alpha value is -3.75. The van der Waals surface area contributed by atoms with E-state index < -0.39 is 24.3 Å². The van der Waals surface area contributed by atoms with Gasteiger partial charge >= 0.3 is 5.97 Å². The summed E-state index contributed by atoms with van der Waals surface area (Å²) >= 11 is 0. The summed E-state index contributed by atoms with van der Waals surface area (Å²) in [7, 11) is 0. The van der Waals surface area contributed by atoms with Crippen LogP contribution in [0, 0.1) is 0 Å². The second kappa shape index (κ2) is 7.43. The molecule has 1 aromatic carbocycles. The van der Waals surface area contributed by atoms with Crippen LogP contribution in [0.25, 0.3) is 6.08 Å². The fourth-order valence-corrected chi connectivity index (χ4v) is 2.17. The van der Waals surface area contributed by atoms with E-state index in [0.717, 1.165) is 0 Å². The van der Waals surface area contributed by atoms with Crippen molar-refractivity contribution in [2.24, 2.45) is 0 Å². The first-order chi connectivity index (χ1) is 12.5. The first kappa shape index (κ1) is 17.1. The Morgan fingerprint density at radius 3 is 2.69 bits per heavy atom. The van der Waals surface area contributed by atoms with E-state index >= 15 is 0 Å². The van der Waals surface area contributed by atoms with Gasteiger partial charge in [-0.1, -0.05) is 6.07 Å². The van der Waals surface area contributed by atoms with Crippen molar-refractivity contribution < 1.29 is 33.4 Å². The van der Waals surface area contributed by atoms with Gasteiger partial charge in [-0.15, -0.1) is 0 Å². The minimum atomic E-state index is -1.21. The Morgan fingerprint density at radius 1 is 1.15 bits per heavy atom. The van der Waals surface area contributed by atoms with E-state index in [-0.39, 0.29) is 18.3 Å². The fraction of sp³-hybridized carbons (Fsp3) is 0.118. The molecule has 0 radical (unpaired) electrons. The van der Waals surface area contributed by atoms with Crippen molar-refractivity contribution in [3.63, 3.8) is 0 Å². The average Bonchev–Trinajstić information content (AvgIpc) is 3.29. The average molecular weight is 358 g/mol. The minimum absolute atomic E-state index is 0.00706. The minimum Gasteiger partial charge on any atom is -0.480 e. The van der Waals surface area contributed by atoms with E-state index in [1.807, 2.05) is 0 Å². The number of carboxylic acid groups (broad SMARTS) is 1. The van der Waals surface area contributed by atoms with E-state index in [4.69, 9.17) is 19.0 Å². The Bertz CT molecular complexity index is 871. The van der Waals surface area contributed by atoms with E-state index in [1.165, 1.54) is 24.5 Å². The molecule has 0 saturated heterocycles. The van der Waals surface area contributed by atoms with Gasteiger partial charge < -0.3 is 29.6 Å². The third-order valence-electron chi connectivity index (χ3n) is 3.35. The normalized spacial score (nSPS) is 12.5. The summed E-state index contributed by atoms with van der Waals surface area (Å²) in [5.41, 5.74) is 0.404. The second-order valence-electron chi connectivity index (χ2n) is 5.18. The number of furan rings is 1. The molecule has 2 heterocycles. The highest BCUT2D eigenvalue weighted by Gasteiger charge is 2.18. The highest BCUT2D eigenvalue weighted by Crippen LogP contribution is 2.33. The van der Waals surface area contributed by atoms with Crippen LogP contribution in [-0.2, 0) is 9.59 Å². The van der Waals surface area contributed by atoms with Crippen molar-refractivity contribution >= 4 is 23.9 Å². The molecule has 1 aliphatic heterocycles. The molecule has 0 unspecified atom stereocenters. The Morgan fingerprint density at radius 2 is 1.96 bits per heavy atom. The summed E-state index contributed by atoms with van der Waals surface area (Å²) in [6.45, 7) is -0.488. The Labute approximate surface area is 147 Å². The molecule has 2 amide bonds. The largest absolute Gasteiger partial charge is 0.480 e. The van der Waals surface area contributed by atoms with Crippen LogP contribution in [-0.4, -0.2) is 36.2 Å². The number of carbonyl (C=O) groups excluding carboxylic acids is 2. The topological polar surface area (TPSA) is 127 Å². The van der Waals surface area contributed by atoms with Crippen molar-refractivity contribution in [3.05, 3.63) is 53.6 Å². The Balaban J connectivity index is 1.85. The van der Waals surface area contributed by atoms with Crippen LogP contribution in [0.2, 0.25) is 0 Å². The van der Waals surface area contributed by atoms with E-state index in [1.54, 1.807) is 18.2 Å². The maximum atomic E-state index is 12.2. The van der Waals surface area contributed by atoms with Crippen LogP contribution in [0.1, 0.15) is 16.1 Å². The van der Waals surface area contributed by atoms with Gasteiger partial charge in [-0.2, -0.15) is 0 Å². The first-order valence-corrected chi connectivity index (χ1v) is 7.49.